The number of fused-ring (bicyclic) bond motifs is 1. The minimum atomic E-state index is -0.159. The third-order valence-electron chi connectivity index (χ3n) is 5.51. The van der Waals surface area contributed by atoms with Gasteiger partial charge in [-0.1, -0.05) is 35.9 Å². The molecular formula is C23H20ClN5O2S. The zero-order valence-electron chi connectivity index (χ0n) is 17.0. The van der Waals surface area contributed by atoms with Crippen molar-refractivity contribution in [3.8, 4) is 11.3 Å². The maximum absolute atomic E-state index is 10.6. The molecule has 9 heteroatoms. The summed E-state index contributed by atoms with van der Waals surface area (Å²) in [5.74, 6) is 0.973. The van der Waals surface area contributed by atoms with E-state index in [9.17, 15) is 10.2 Å². The smallest absolute Gasteiger partial charge is 0.135 e. The second-order valence-corrected chi connectivity index (χ2v) is 8.76. The molecule has 0 bridgehead atoms. The fourth-order valence-electron chi connectivity index (χ4n) is 3.91. The van der Waals surface area contributed by atoms with E-state index in [2.05, 4.69) is 9.97 Å². The van der Waals surface area contributed by atoms with Gasteiger partial charge in [0.15, 0.2) is 0 Å². The quantitative estimate of drug-likeness (QED) is 0.387. The van der Waals surface area contributed by atoms with Crippen molar-refractivity contribution in [3.63, 3.8) is 0 Å². The van der Waals surface area contributed by atoms with Crippen molar-refractivity contribution in [2.24, 2.45) is 0 Å². The Morgan fingerprint density at radius 2 is 1.84 bits per heavy atom. The molecule has 0 radical (unpaired) electrons. The SMILES string of the molecule is N=C1C(c2nc(-c3ccc(Cl)cc3)cs2)=C(O)CN1CCn1c(CO)nc2ccccc21. The van der Waals surface area contributed by atoms with Crippen LogP contribution in [0.5, 0.6) is 0 Å². The third kappa shape index (κ3) is 3.66. The first-order valence-electron chi connectivity index (χ1n) is 10.1. The van der Waals surface area contributed by atoms with E-state index in [1.807, 2.05) is 63.4 Å². The second kappa shape index (κ2) is 8.38. The van der Waals surface area contributed by atoms with Gasteiger partial charge in [-0.2, -0.15) is 0 Å². The average molecular weight is 466 g/mol. The van der Waals surface area contributed by atoms with Crippen LogP contribution in [0.4, 0.5) is 0 Å². The van der Waals surface area contributed by atoms with Gasteiger partial charge in [0.05, 0.1) is 28.8 Å². The zero-order valence-corrected chi connectivity index (χ0v) is 18.6. The standard InChI is InChI=1S/C23H20ClN5O2S/c24-15-7-5-14(6-8-15)17-13-32-23(27-17)21-19(31)11-28(22(21)25)9-10-29-18-4-2-1-3-16(18)26-20(29)12-30/h1-8,13,25,30-31H,9-12H2. The van der Waals surface area contributed by atoms with E-state index in [1.54, 1.807) is 0 Å². The summed E-state index contributed by atoms with van der Waals surface area (Å²) in [4.78, 5) is 10.9. The lowest BCUT2D eigenvalue weighted by Crippen LogP contribution is -2.30. The lowest BCUT2D eigenvalue weighted by Gasteiger charge is -2.19. The maximum Gasteiger partial charge on any atom is 0.135 e. The Labute approximate surface area is 193 Å². The Morgan fingerprint density at radius 1 is 1.06 bits per heavy atom. The van der Waals surface area contributed by atoms with Gasteiger partial charge in [-0.3, -0.25) is 5.41 Å². The summed E-state index contributed by atoms with van der Waals surface area (Å²) in [6, 6.07) is 15.1. The number of para-hydroxylation sites is 2. The van der Waals surface area contributed by atoms with Crippen LogP contribution in [0, 0.1) is 5.41 Å². The Kier molecular flexibility index (Phi) is 5.42. The lowest BCUT2D eigenvalue weighted by atomic mass is 10.2. The minimum absolute atomic E-state index is 0.143. The highest BCUT2D eigenvalue weighted by Crippen LogP contribution is 2.32. The van der Waals surface area contributed by atoms with E-state index in [0.717, 1.165) is 22.3 Å². The summed E-state index contributed by atoms with van der Waals surface area (Å²) >= 11 is 7.37. The molecule has 0 saturated heterocycles. The van der Waals surface area contributed by atoms with Gasteiger partial charge in [0.2, 0.25) is 0 Å². The first-order valence-corrected chi connectivity index (χ1v) is 11.3. The molecule has 7 nitrogen and oxygen atoms in total. The van der Waals surface area contributed by atoms with E-state index in [-0.39, 0.29) is 24.7 Å². The van der Waals surface area contributed by atoms with Gasteiger partial charge >= 0.3 is 0 Å². The van der Waals surface area contributed by atoms with Crippen LogP contribution < -0.4 is 0 Å². The lowest BCUT2D eigenvalue weighted by molar-refractivity contribution is 0.263. The molecule has 0 unspecified atom stereocenters. The monoisotopic (exact) mass is 465 g/mol. The predicted molar refractivity (Wildman–Crippen MR) is 127 cm³/mol. The summed E-state index contributed by atoms with van der Waals surface area (Å²) in [6.07, 6.45) is 0. The average Bonchev–Trinajstić information content (AvgIpc) is 3.48. The summed E-state index contributed by atoms with van der Waals surface area (Å²) in [7, 11) is 0. The highest BCUT2D eigenvalue weighted by Gasteiger charge is 2.30. The molecular weight excluding hydrogens is 446 g/mol. The molecule has 0 spiro atoms. The molecule has 1 aliphatic heterocycles. The number of hydrogen-bond donors (Lipinski definition) is 3. The third-order valence-corrected chi connectivity index (χ3v) is 6.62. The molecule has 0 atom stereocenters. The van der Waals surface area contributed by atoms with E-state index < -0.39 is 0 Å². The highest BCUT2D eigenvalue weighted by molar-refractivity contribution is 7.11. The summed E-state index contributed by atoms with van der Waals surface area (Å²) in [5, 5.41) is 32.2. The molecule has 0 saturated carbocycles. The van der Waals surface area contributed by atoms with Crippen LogP contribution in [0.15, 0.2) is 59.7 Å². The number of nitrogens with zero attached hydrogens (tertiary/aromatic N) is 4. The number of rotatable bonds is 6. The van der Waals surface area contributed by atoms with Crippen molar-refractivity contribution in [3.05, 3.63) is 75.5 Å². The molecule has 3 N–H and O–H groups in total. The van der Waals surface area contributed by atoms with Crippen LogP contribution in [0.1, 0.15) is 10.8 Å². The fraction of sp³-hybridized carbons (Fsp3) is 0.174. The van der Waals surface area contributed by atoms with Crippen LogP contribution >= 0.6 is 22.9 Å². The Balaban J connectivity index is 1.34. The van der Waals surface area contributed by atoms with E-state index in [1.165, 1.54) is 11.3 Å². The number of aromatic nitrogens is 3. The van der Waals surface area contributed by atoms with Gasteiger partial charge in [0.1, 0.15) is 29.0 Å². The number of halogens is 1. The number of aliphatic hydroxyl groups is 2. The number of imidazole rings is 1. The topological polar surface area (TPSA) is 98.3 Å². The first-order chi connectivity index (χ1) is 15.5. The second-order valence-electron chi connectivity index (χ2n) is 7.46. The molecule has 2 aromatic carbocycles. The first kappa shape index (κ1) is 20.7. The van der Waals surface area contributed by atoms with Crippen molar-refractivity contribution in [1.29, 1.82) is 5.41 Å². The van der Waals surface area contributed by atoms with E-state index >= 15 is 0 Å². The molecule has 0 amide bonds. The van der Waals surface area contributed by atoms with Crippen molar-refractivity contribution in [1.82, 2.24) is 19.4 Å². The number of amidine groups is 1. The van der Waals surface area contributed by atoms with Gasteiger partial charge in [0, 0.05) is 29.1 Å². The number of benzene rings is 2. The summed E-state index contributed by atoms with van der Waals surface area (Å²) < 4.78 is 1.96. The Bertz CT molecular complexity index is 1340. The van der Waals surface area contributed by atoms with Crippen molar-refractivity contribution in [2.75, 3.05) is 13.1 Å². The number of nitrogens with one attached hydrogen (secondary N) is 1. The molecule has 1 aliphatic rings. The molecule has 2 aromatic heterocycles. The van der Waals surface area contributed by atoms with Crippen molar-refractivity contribution in [2.45, 2.75) is 13.2 Å². The maximum atomic E-state index is 10.6. The molecule has 4 aromatic rings. The van der Waals surface area contributed by atoms with Gasteiger partial charge in [-0.25, -0.2) is 9.97 Å². The number of hydrogen-bond acceptors (Lipinski definition) is 6. The predicted octanol–water partition coefficient (Wildman–Crippen LogP) is 4.57. The van der Waals surface area contributed by atoms with Gasteiger partial charge in [-0.15, -0.1) is 11.3 Å². The Hall–Kier alpha value is -3.20. The molecule has 5 rings (SSSR count). The zero-order chi connectivity index (χ0) is 22.2. The molecule has 162 valence electrons. The van der Waals surface area contributed by atoms with Crippen LogP contribution in [-0.4, -0.2) is 48.6 Å². The van der Waals surface area contributed by atoms with Gasteiger partial charge < -0.3 is 19.7 Å². The minimum Gasteiger partial charge on any atom is -0.510 e. The Morgan fingerprint density at radius 3 is 2.62 bits per heavy atom. The number of aliphatic hydroxyl groups excluding tert-OH is 2. The van der Waals surface area contributed by atoms with Crippen LogP contribution in [-0.2, 0) is 13.2 Å². The van der Waals surface area contributed by atoms with E-state index in [0.29, 0.717) is 34.5 Å². The van der Waals surface area contributed by atoms with Gasteiger partial charge in [-0.05, 0) is 24.3 Å². The summed E-state index contributed by atoms with van der Waals surface area (Å²) in [6.45, 7) is 1.13. The van der Waals surface area contributed by atoms with E-state index in [4.69, 9.17) is 17.0 Å². The summed E-state index contributed by atoms with van der Waals surface area (Å²) in [5.41, 5.74) is 3.94. The van der Waals surface area contributed by atoms with Crippen molar-refractivity contribution < 1.29 is 10.2 Å². The molecule has 0 fully saturated rings. The molecule has 32 heavy (non-hydrogen) atoms. The van der Waals surface area contributed by atoms with Crippen LogP contribution in [0.2, 0.25) is 5.02 Å². The van der Waals surface area contributed by atoms with Crippen LogP contribution in [0.3, 0.4) is 0 Å². The molecule has 0 aliphatic carbocycles. The number of thiazole rings is 1. The molecule has 3 heterocycles. The van der Waals surface area contributed by atoms with Crippen LogP contribution in [0.25, 0.3) is 27.9 Å². The van der Waals surface area contributed by atoms with Crippen molar-refractivity contribution >= 4 is 45.4 Å². The largest absolute Gasteiger partial charge is 0.510 e. The van der Waals surface area contributed by atoms with Gasteiger partial charge in [0.25, 0.3) is 0 Å². The highest BCUT2D eigenvalue weighted by atomic mass is 35.5. The normalized spacial score (nSPS) is 14.2. The fourth-order valence-corrected chi connectivity index (χ4v) is 4.93.